The topological polar surface area (TPSA) is 9.23 Å². The second-order valence-electron chi connectivity index (χ2n) is 3.96. The molecule has 2 heteroatoms. The van der Waals surface area contributed by atoms with Crippen LogP contribution in [0, 0.1) is 0 Å². The molecule has 0 aromatic rings. The first-order valence-electron chi connectivity index (χ1n) is 3.36. The molecule has 0 aliphatic heterocycles. The Bertz CT molecular complexity index is 91.6. The Hall–Kier alpha value is 0.177. The van der Waals surface area contributed by atoms with Crippen LogP contribution in [0.3, 0.4) is 0 Å². The molecule has 0 aliphatic carbocycles. The molecule has 0 heterocycles. The summed E-state index contributed by atoms with van der Waals surface area (Å²) in [6.07, 6.45) is 0. The predicted octanol–water partition coefficient (Wildman–Crippen LogP) is 2.64. The molecule has 0 aromatic heterocycles. The van der Waals surface area contributed by atoms with Crippen LogP contribution in [0.2, 0.25) is 18.1 Å². The molecule has 0 atom stereocenters. The zero-order valence-corrected chi connectivity index (χ0v) is 8.41. The number of hydrogen-bond acceptors (Lipinski definition) is 1. The van der Waals surface area contributed by atoms with Crippen molar-refractivity contribution in [1.82, 2.24) is 0 Å². The van der Waals surface area contributed by atoms with Gasteiger partial charge in [0.2, 0.25) is 0 Å². The molecule has 0 bridgehead atoms. The average Bonchev–Trinajstić information content (AvgIpc) is 1.64. The van der Waals surface area contributed by atoms with Gasteiger partial charge in [0.05, 0.1) is 0 Å². The molecule has 0 saturated carbocycles. The van der Waals surface area contributed by atoms with Crippen molar-refractivity contribution in [2.75, 3.05) is 7.11 Å². The average molecular weight is 146 g/mol. The number of hydrogen-bond donors (Lipinski definition) is 0. The zero-order valence-electron chi connectivity index (χ0n) is 7.41. The fourth-order valence-corrected chi connectivity index (χ4v) is 0.919. The Balaban J connectivity index is 4.14. The van der Waals surface area contributed by atoms with Crippen LogP contribution in [0.25, 0.3) is 0 Å². The van der Waals surface area contributed by atoms with E-state index in [1.165, 1.54) is 0 Å². The molecule has 56 valence electrons. The molecule has 1 nitrogen and oxygen atoms in total. The Labute approximate surface area is 59.5 Å². The van der Waals surface area contributed by atoms with Gasteiger partial charge in [0.1, 0.15) is 0 Å². The summed E-state index contributed by atoms with van der Waals surface area (Å²) in [5.74, 6) is 0. The van der Waals surface area contributed by atoms with Crippen molar-refractivity contribution < 1.29 is 4.43 Å². The first kappa shape index (κ1) is 9.18. The lowest BCUT2D eigenvalue weighted by Crippen LogP contribution is -2.39. The third-order valence-electron chi connectivity index (χ3n) is 2.32. The normalized spacial score (nSPS) is 14.0. The highest BCUT2D eigenvalue weighted by Gasteiger charge is 2.35. The van der Waals surface area contributed by atoms with E-state index in [0.29, 0.717) is 5.04 Å². The number of rotatable bonds is 1. The van der Waals surface area contributed by atoms with E-state index in [4.69, 9.17) is 4.43 Å². The fourth-order valence-electron chi connectivity index (χ4n) is 0.306. The van der Waals surface area contributed by atoms with Crippen LogP contribution in [-0.4, -0.2) is 15.4 Å². The SMILES string of the molecule is CO[Si](C)(C)C(C)(C)C. The third-order valence-corrected chi connectivity index (χ3v) is 6.95. The first-order valence-corrected chi connectivity index (χ1v) is 6.27. The quantitative estimate of drug-likeness (QED) is 0.517. The van der Waals surface area contributed by atoms with Crippen molar-refractivity contribution >= 4 is 8.32 Å². The molecule has 0 aliphatic rings. The zero-order chi connectivity index (χ0) is 7.71. The van der Waals surface area contributed by atoms with Gasteiger partial charge in [0.15, 0.2) is 8.32 Å². The fraction of sp³-hybridized carbons (Fsp3) is 1.00. The highest BCUT2D eigenvalue weighted by atomic mass is 28.4. The van der Waals surface area contributed by atoms with Crippen LogP contribution in [0.15, 0.2) is 0 Å². The van der Waals surface area contributed by atoms with Crippen molar-refractivity contribution in [2.45, 2.75) is 38.9 Å². The molecule has 0 spiro atoms. The molecule has 9 heavy (non-hydrogen) atoms. The third kappa shape index (κ3) is 2.10. The highest BCUT2D eigenvalue weighted by molar-refractivity contribution is 6.74. The van der Waals surface area contributed by atoms with Crippen LogP contribution in [-0.2, 0) is 4.43 Å². The summed E-state index contributed by atoms with van der Waals surface area (Å²) in [6.45, 7) is 11.2. The molecule has 0 N–H and O–H groups in total. The van der Waals surface area contributed by atoms with Crippen molar-refractivity contribution in [3.8, 4) is 0 Å². The van der Waals surface area contributed by atoms with E-state index in [1.54, 1.807) is 0 Å². The Morgan fingerprint density at radius 3 is 1.44 bits per heavy atom. The molecular formula is C7H18OSi. The largest absolute Gasteiger partial charge is 0.420 e. The molecule has 0 saturated heterocycles. The van der Waals surface area contributed by atoms with Gasteiger partial charge in [-0.15, -0.1) is 0 Å². The predicted molar refractivity (Wildman–Crippen MR) is 44.2 cm³/mol. The van der Waals surface area contributed by atoms with Gasteiger partial charge in [-0.05, 0) is 18.1 Å². The van der Waals surface area contributed by atoms with Crippen LogP contribution in [0.4, 0.5) is 0 Å². The van der Waals surface area contributed by atoms with Crippen molar-refractivity contribution in [1.29, 1.82) is 0 Å². The van der Waals surface area contributed by atoms with Gasteiger partial charge in [0, 0.05) is 7.11 Å². The standard InChI is InChI=1S/C7H18OSi/c1-7(2,3)9(5,6)8-4/h1-6H3. The van der Waals surface area contributed by atoms with Crippen molar-refractivity contribution in [3.63, 3.8) is 0 Å². The monoisotopic (exact) mass is 146 g/mol. The first-order chi connectivity index (χ1) is 3.81. The summed E-state index contributed by atoms with van der Waals surface area (Å²) < 4.78 is 5.44. The van der Waals surface area contributed by atoms with Crippen LogP contribution in [0.1, 0.15) is 20.8 Å². The van der Waals surface area contributed by atoms with E-state index in [-0.39, 0.29) is 0 Å². The van der Waals surface area contributed by atoms with Gasteiger partial charge in [-0.2, -0.15) is 0 Å². The summed E-state index contributed by atoms with van der Waals surface area (Å²) in [7, 11) is 0.438. The van der Waals surface area contributed by atoms with E-state index in [0.717, 1.165) is 0 Å². The summed E-state index contributed by atoms with van der Waals surface area (Å²) in [4.78, 5) is 0. The van der Waals surface area contributed by atoms with Gasteiger partial charge in [0.25, 0.3) is 0 Å². The summed E-state index contributed by atoms with van der Waals surface area (Å²) in [5.41, 5.74) is 0. The maximum absolute atomic E-state index is 5.44. The molecule has 0 radical (unpaired) electrons. The van der Waals surface area contributed by atoms with Crippen LogP contribution >= 0.6 is 0 Å². The molecule has 0 rings (SSSR count). The Morgan fingerprint density at radius 1 is 1.11 bits per heavy atom. The lowest BCUT2D eigenvalue weighted by atomic mass is 10.2. The molecule has 0 fully saturated rings. The Kier molecular flexibility index (Phi) is 2.47. The van der Waals surface area contributed by atoms with Crippen molar-refractivity contribution in [3.05, 3.63) is 0 Å². The van der Waals surface area contributed by atoms with E-state index in [9.17, 15) is 0 Å². The summed E-state index contributed by atoms with van der Waals surface area (Å²) in [6, 6.07) is 0. The summed E-state index contributed by atoms with van der Waals surface area (Å²) >= 11 is 0. The van der Waals surface area contributed by atoms with Crippen LogP contribution in [0.5, 0.6) is 0 Å². The molecule has 0 aromatic carbocycles. The van der Waals surface area contributed by atoms with E-state index in [2.05, 4.69) is 33.9 Å². The second kappa shape index (κ2) is 2.43. The minimum atomic E-state index is -1.38. The highest BCUT2D eigenvalue weighted by Crippen LogP contribution is 2.35. The van der Waals surface area contributed by atoms with Gasteiger partial charge in [-0.3, -0.25) is 0 Å². The smallest absolute Gasteiger partial charge is 0.191 e. The van der Waals surface area contributed by atoms with Crippen molar-refractivity contribution in [2.24, 2.45) is 0 Å². The molecular weight excluding hydrogens is 128 g/mol. The lowest BCUT2D eigenvalue weighted by molar-refractivity contribution is 0.373. The van der Waals surface area contributed by atoms with E-state index < -0.39 is 8.32 Å². The summed E-state index contributed by atoms with van der Waals surface area (Å²) in [5, 5.41) is 0.363. The maximum atomic E-state index is 5.44. The Morgan fingerprint density at radius 2 is 1.44 bits per heavy atom. The van der Waals surface area contributed by atoms with Crippen LogP contribution < -0.4 is 0 Å². The van der Waals surface area contributed by atoms with E-state index >= 15 is 0 Å². The van der Waals surface area contributed by atoms with E-state index in [1.807, 2.05) is 7.11 Å². The van der Waals surface area contributed by atoms with Gasteiger partial charge >= 0.3 is 0 Å². The minimum Gasteiger partial charge on any atom is -0.420 e. The van der Waals surface area contributed by atoms with Gasteiger partial charge in [-0.25, -0.2) is 0 Å². The van der Waals surface area contributed by atoms with Gasteiger partial charge < -0.3 is 4.43 Å². The lowest BCUT2D eigenvalue weighted by Gasteiger charge is -2.34. The maximum Gasteiger partial charge on any atom is 0.191 e. The second-order valence-corrected chi connectivity index (χ2v) is 8.89. The molecule has 0 unspecified atom stereocenters. The van der Waals surface area contributed by atoms with Gasteiger partial charge in [-0.1, -0.05) is 20.8 Å². The minimum absolute atomic E-state index is 0.363. The molecule has 0 amide bonds.